The van der Waals surface area contributed by atoms with Crippen molar-refractivity contribution in [1.29, 1.82) is 0 Å². The van der Waals surface area contributed by atoms with Gasteiger partial charge < -0.3 is 5.32 Å². The fourth-order valence-corrected chi connectivity index (χ4v) is 5.63. The normalized spacial score (nSPS) is 21.9. The van der Waals surface area contributed by atoms with Crippen molar-refractivity contribution in [3.8, 4) is 0 Å². The lowest BCUT2D eigenvalue weighted by molar-refractivity contribution is 0.517. The molecule has 2 N–H and O–H groups in total. The predicted octanol–water partition coefficient (Wildman–Crippen LogP) is 0.974. The van der Waals surface area contributed by atoms with Crippen LogP contribution in [0.2, 0.25) is 0 Å². The molecule has 1 aliphatic rings. The summed E-state index contributed by atoms with van der Waals surface area (Å²) in [5, 5.41) is 3.00. The van der Waals surface area contributed by atoms with Gasteiger partial charge in [-0.25, -0.2) is 21.6 Å². The van der Waals surface area contributed by atoms with Crippen LogP contribution in [0.15, 0.2) is 29.2 Å². The summed E-state index contributed by atoms with van der Waals surface area (Å²) in [5.74, 6) is 0.00874. The zero-order chi connectivity index (χ0) is 15.5. The highest BCUT2D eigenvalue weighted by atomic mass is 32.2. The van der Waals surface area contributed by atoms with Gasteiger partial charge in [-0.05, 0) is 31.9 Å². The van der Waals surface area contributed by atoms with E-state index in [2.05, 4.69) is 10.0 Å². The fourth-order valence-electron chi connectivity index (χ4n) is 2.44. The second-order valence-corrected chi connectivity index (χ2v) is 9.01. The first-order valence-electron chi connectivity index (χ1n) is 6.90. The van der Waals surface area contributed by atoms with Crippen LogP contribution < -0.4 is 10.0 Å². The molecule has 1 fully saturated rings. The maximum absolute atomic E-state index is 12.5. The second kappa shape index (κ2) is 6.33. The predicted molar refractivity (Wildman–Crippen MR) is 82.6 cm³/mol. The first kappa shape index (κ1) is 16.3. The van der Waals surface area contributed by atoms with Crippen molar-refractivity contribution in [3.63, 3.8) is 0 Å². The Balaban J connectivity index is 2.23. The van der Waals surface area contributed by atoms with Gasteiger partial charge in [0.05, 0.1) is 17.2 Å². The standard InChI is InChI=1S/C13H20N2O4S2/c1-2-14-12-7-3-4-8-13(12)21(18,19)15-11-6-5-9-20(16,17)10-11/h3-4,7-8,11,14-15H,2,5-6,9-10H2,1H3. The minimum atomic E-state index is -3.74. The summed E-state index contributed by atoms with van der Waals surface area (Å²) in [4.78, 5) is 0.148. The molecule has 0 spiro atoms. The molecular weight excluding hydrogens is 312 g/mol. The van der Waals surface area contributed by atoms with Crippen molar-refractivity contribution >= 4 is 25.5 Å². The summed E-state index contributed by atoms with van der Waals surface area (Å²) in [6.07, 6.45) is 1.03. The molecule has 8 heteroatoms. The fraction of sp³-hybridized carbons (Fsp3) is 0.538. The molecule has 1 aromatic rings. The number of anilines is 1. The van der Waals surface area contributed by atoms with Gasteiger partial charge in [0, 0.05) is 12.6 Å². The van der Waals surface area contributed by atoms with E-state index in [4.69, 9.17) is 0 Å². The maximum atomic E-state index is 12.5. The molecule has 0 saturated carbocycles. The number of sulfonamides is 1. The van der Waals surface area contributed by atoms with Gasteiger partial charge in [-0.2, -0.15) is 0 Å². The third kappa shape index (κ3) is 4.18. The van der Waals surface area contributed by atoms with E-state index in [-0.39, 0.29) is 16.4 Å². The molecule has 6 nitrogen and oxygen atoms in total. The topological polar surface area (TPSA) is 92.3 Å². The Morgan fingerprint density at radius 3 is 2.67 bits per heavy atom. The van der Waals surface area contributed by atoms with Crippen LogP contribution in [0.3, 0.4) is 0 Å². The Kier molecular flexibility index (Phi) is 4.90. The van der Waals surface area contributed by atoms with Crippen molar-refractivity contribution in [3.05, 3.63) is 24.3 Å². The molecule has 1 saturated heterocycles. The quantitative estimate of drug-likeness (QED) is 0.838. The van der Waals surface area contributed by atoms with E-state index >= 15 is 0 Å². The first-order chi connectivity index (χ1) is 9.84. The van der Waals surface area contributed by atoms with Gasteiger partial charge in [-0.3, -0.25) is 0 Å². The maximum Gasteiger partial charge on any atom is 0.242 e. The largest absolute Gasteiger partial charge is 0.384 e. The average Bonchev–Trinajstić information content (AvgIpc) is 2.38. The van der Waals surface area contributed by atoms with E-state index in [1.165, 1.54) is 6.07 Å². The zero-order valence-electron chi connectivity index (χ0n) is 11.9. The molecule has 1 aromatic carbocycles. The zero-order valence-corrected chi connectivity index (χ0v) is 13.5. The SMILES string of the molecule is CCNc1ccccc1S(=O)(=O)NC1CCCS(=O)(=O)C1. The van der Waals surface area contributed by atoms with E-state index in [0.29, 0.717) is 25.1 Å². The third-order valence-corrected chi connectivity index (χ3v) is 6.73. The lowest BCUT2D eigenvalue weighted by Gasteiger charge is -2.23. The molecule has 1 unspecified atom stereocenters. The van der Waals surface area contributed by atoms with Crippen molar-refractivity contribution in [2.75, 3.05) is 23.4 Å². The highest BCUT2D eigenvalue weighted by molar-refractivity contribution is 7.91. The van der Waals surface area contributed by atoms with Gasteiger partial charge in [0.1, 0.15) is 4.90 Å². The molecule has 0 radical (unpaired) electrons. The number of sulfone groups is 1. The van der Waals surface area contributed by atoms with Gasteiger partial charge in [-0.1, -0.05) is 12.1 Å². The highest BCUT2D eigenvalue weighted by Gasteiger charge is 2.29. The first-order valence-corrected chi connectivity index (χ1v) is 10.2. The van der Waals surface area contributed by atoms with Crippen molar-refractivity contribution < 1.29 is 16.8 Å². The molecule has 0 aromatic heterocycles. The molecule has 0 aliphatic carbocycles. The van der Waals surface area contributed by atoms with Crippen LogP contribution in [-0.2, 0) is 19.9 Å². The summed E-state index contributed by atoms with van der Waals surface area (Å²) in [7, 11) is -6.89. The minimum Gasteiger partial charge on any atom is -0.384 e. The molecular formula is C13H20N2O4S2. The highest BCUT2D eigenvalue weighted by Crippen LogP contribution is 2.22. The van der Waals surface area contributed by atoms with E-state index < -0.39 is 25.9 Å². The van der Waals surface area contributed by atoms with Gasteiger partial charge in [0.25, 0.3) is 0 Å². The number of hydrogen-bond acceptors (Lipinski definition) is 5. The Morgan fingerprint density at radius 1 is 1.29 bits per heavy atom. The van der Waals surface area contributed by atoms with Gasteiger partial charge >= 0.3 is 0 Å². The molecule has 1 atom stereocenters. The molecule has 2 rings (SSSR count). The van der Waals surface area contributed by atoms with Crippen LogP contribution in [0.25, 0.3) is 0 Å². The van der Waals surface area contributed by atoms with Crippen molar-refractivity contribution in [1.82, 2.24) is 4.72 Å². The minimum absolute atomic E-state index is 0.129. The summed E-state index contributed by atoms with van der Waals surface area (Å²) >= 11 is 0. The van der Waals surface area contributed by atoms with Crippen molar-refractivity contribution in [2.24, 2.45) is 0 Å². The second-order valence-electron chi connectivity index (χ2n) is 5.10. The molecule has 0 amide bonds. The molecule has 0 bridgehead atoms. The molecule has 1 heterocycles. The van der Waals surface area contributed by atoms with Gasteiger partial charge in [0.2, 0.25) is 10.0 Å². The van der Waals surface area contributed by atoms with Gasteiger partial charge in [-0.15, -0.1) is 0 Å². The molecule has 21 heavy (non-hydrogen) atoms. The van der Waals surface area contributed by atoms with E-state index in [1.807, 2.05) is 6.92 Å². The number of rotatable bonds is 5. The van der Waals surface area contributed by atoms with Crippen LogP contribution in [0, 0.1) is 0 Å². The summed E-state index contributed by atoms with van der Waals surface area (Å²) < 4.78 is 50.7. The van der Waals surface area contributed by atoms with Crippen LogP contribution in [-0.4, -0.2) is 40.9 Å². The molecule has 1 aliphatic heterocycles. The van der Waals surface area contributed by atoms with Crippen LogP contribution in [0.5, 0.6) is 0 Å². The van der Waals surface area contributed by atoms with E-state index in [1.54, 1.807) is 18.2 Å². The Bertz CT molecular complexity index is 699. The smallest absolute Gasteiger partial charge is 0.242 e. The Hall–Kier alpha value is -1.12. The van der Waals surface area contributed by atoms with E-state index in [9.17, 15) is 16.8 Å². The number of nitrogens with one attached hydrogen (secondary N) is 2. The van der Waals surface area contributed by atoms with Gasteiger partial charge in [0.15, 0.2) is 9.84 Å². The average molecular weight is 332 g/mol. The Morgan fingerprint density at radius 2 is 2.00 bits per heavy atom. The molecule has 118 valence electrons. The summed E-state index contributed by atoms with van der Waals surface area (Å²) in [5.41, 5.74) is 0.520. The Labute approximate surface area is 125 Å². The number of hydrogen-bond donors (Lipinski definition) is 2. The van der Waals surface area contributed by atoms with Crippen LogP contribution in [0.1, 0.15) is 19.8 Å². The lowest BCUT2D eigenvalue weighted by atomic mass is 10.2. The number of para-hydroxylation sites is 1. The van der Waals surface area contributed by atoms with Crippen LogP contribution >= 0.6 is 0 Å². The van der Waals surface area contributed by atoms with E-state index in [0.717, 1.165) is 0 Å². The lowest BCUT2D eigenvalue weighted by Crippen LogP contribution is -2.43. The third-order valence-electron chi connectivity index (χ3n) is 3.33. The summed E-state index contributed by atoms with van der Waals surface area (Å²) in [6, 6.07) is 6.05. The van der Waals surface area contributed by atoms with Crippen molar-refractivity contribution in [2.45, 2.75) is 30.7 Å². The van der Waals surface area contributed by atoms with Crippen LogP contribution in [0.4, 0.5) is 5.69 Å². The summed E-state index contributed by atoms with van der Waals surface area (Å²) in [6.45, 7) is 2.48. The number of benzene rings is 1. The monoisotopic (exact) mass is 332 g/mol.